The third kappa shape index (κ3) is 5.57. The zero-order chi connectivity index (χ0) is 15.9. The van der Waals surface area contributed by atoms with Gasteiger partial charge in [0.25, 0.3) is 0 Å². The molecule has 1 heterocycles. The SMILES string of the molecule is CN(CC(O)CN1CCOCC1)C(=O)Cc1ccc(Cl)cc1. The Hall–Kier alpha value is -1.14. The summed E-state index contributed by atoms with van der Waals surface area (Å²) in [6, 6.07) is 7.24. The molecule has 0 aromatic heterocycles. The number of halogens is 1. The molecule has 2 rings (SSSR count). The van der Waals surface area contributed by atoms with Gasteiger partial charge in [-0.2, -0.15) is 0 Å². The van der Waals surface area contributed by atoms with Gasteiger partial charge in [-0.15, -0.1) is 0 Å². The number of rotatable bonds is 6. The summed E-state index contributed by atoms with van der Waals surface area (Å²) in [6.45, 7) is 3.99. The summed E-state index contributed by atoms with van der Waals surface area (Å²) in [4.78, 5) is 15.9. The number of carbonyl (C=O) groups excluding carboxylic acids is 1. The number of carbonyl (C=O) groups is 1. The molecule has 1 aromatic rings. The summed E-state index contributed by atoms with van der Waals surface area (Å²) in [5, 5.41) is 10.8. The van der Waals surface area contributed by atoms with Gasteiger partial charge in [0.15, 0.2) is 0 Å². The van der Waals surface area contributed by atoms with E-state index in [1.165, 1.54) is 0 Å². The molecule has 0 aliphatic carbocycles. The van der Waals surface area contributed by atoms with Gasteiger partial charge >= 0.3 is 0 Å². The Kier molecular flexibility index (Phi) is 6.64. The molecule has 1 unspecified atom stereocenters. The summed E-state index contributed by atoms with van der Waals surface area (Å²) < 4.78 is 5.28. The predicted molar refractivity (Wildman–Crippen MR) is 86.1 cm³/mol. The Morgan fingerprint density at radius 3 is 2.64 bits per heavy atom. The maximum absolute atomic E-state index is 12.2. The number of β-amino-alcohol motifs (C(OH)–C–C–N with tert-alkyl or cyclic N) is 1. The zero-order valence-electron chi connectivity index (χ0n) is 12.9. The lowest BCUT2D eigenvalue weighted by Gasteiger charge is -2.30. The molecule has 0 saturated carbocycles. The molecule has 122 valence electrons. The van der Waals surface area contributed by atoms with Gasteiger partial charge in [0.1, 0.15) is 0 Å². The maximum Gasteiger partial charge on any atom is 0.226 e. The lowest BCUT2D eigenvalue weighted by Crippen LogP contribution is -2.45. The third-order valence-electron chi connectivity index (χ3n) is 3.75. The average Bonchev–Trinajstić information content (AvgIpc) is 2.50. The van der Waals surface area contributed by atoms with Crippen LogP contribution >= 0.6 is 11.6 Å². The second-order valence-electron chi connectivity index (χ2n) is 5.64. The highest BCUT2D eigenvalue weighted by atomic mass is 35.5. The molecule has 0 bridgehead atoms. The van der Waals surface area contributed by atoms with Crippen molar-refractivity contribution in [3.8, 4) is 0 Å². The molecule has 22 heavy (non-hydrogen) atoms. The van der Waals surface area contributed by atoms with Crippen molar-refractivity contribution in [1.82, 2.24) is 9.80 Å². The van der Waals surface area contributed by atoms with Crippen LogP contribution in [0.15, 0.2) is 24.3 Å². The molecule has 1 aliphatic heterocycles. The zero-order valence-corrected chi connectivity index (χ0v) is 13.6. The number of nitrogens with zero attached hydrogens (tertiary/aromatic N) is 2. The summed E-state index contributed by atoms with van der Waals surface area (Å²) in [6.07, 6.45) is -0.227. The lowest BCUT2D eigenvalue weighted by atomic mass is 10.1. The van der Waals surface area contributed by atoms with E-state index in [0.717, 1.165) is 18.7 Å². The Morgan fingerprint density at radius 1 is 1.36 bits per heavy atom. The van der Waals surface area contributed by atoms with E-state index in [0.29, 0.717) is 37.7 Å². The van der Waals surface area contributed by atoms with Gasteiger partial charge in [-0.1, -0.05) is 23.7 Å². The summed E-state index contributed by atoms with van der Waals surface area (Å²) in [5.74, 6) is -0.0108. The fraction of sp³-hybridized carbons (Fsp3) is 0.562. The van der Waals surface area contributed by atoms with Gasteiger partial charge in [0.05, 0.1) is 25.7 Å². The Morgan fingerprint density at radius 2 is 2.00 bits per heavy atom. The third-order valence-corrected chi connectivity index (χ3v) is 4.00. The van der Waals surface area contributed by atoms with Crippen molar-refractivity contribution in [3.05, 3.63) is 34.9 Å². The van der Waals surface area contributed by atoms with Crippen LogP contribution in [0.3, 0.4) is 0 Å². The fourth-order valence-corrected chi connectivity index (χ4v) is 2.60. The Balaban J connectivity index is 1.76. The van der Waals surface area contributed by atoms with Crippen LogP contribution in [0.5, 0.6) is 0 Å². The minimum Gasteiger partial charge on any atom is -0.390 e. The predicted octanol–water partition coefficient (Wildman–Crippen LogP) is 1.03. The molecular weight excluding hydrogens is 304 g/mol. The van der Waals surface area contributed by atoms with Crippen LogP contribution in [0.4, 0.5) is 0 Å². The molecule has 1 N–H and O–H groups in total. The summed E-state index contributed by atoms with van der Waals surface area (Å²) in [7, 11) is 1.72. The van der Waals surface area contributed by atoms with Crippen LogP contribution in [0.1, 0.15) is 5.56 Å². The molecule has 1 aromatic carbocycles. The summed E-state index contributed by atoms with van der Waals surface area (Å²) >= 11 is 5.83. The molecule has 1 aliphatic rings. The van der Waals surface area contributed by atoms with Gasteiger partial charge in [-0.3, -0.25) is 9.69 Å². The van der Waals surface area contributed by atoms with Crippen molar-refractivity contribution >= 4 is 17.5 Å². The van der Waals surface area contributed by atoms with Gasteiger partial charge in [0.2, 0.25) is 5.91 Å². The number of aliphatic hydroxyl groups is 1. The van der Waals surface area contributed by atoms with Crippen molar-refractivity contribution < 1.29 is 14.6 Å². The molecule has 6 heteroatoms. The van der Waals surface area contributed by atoms with Crippen LogP contribution in [-0.4, -0.2) is 73.4 Å². The van der Waals surface area contributed by atoms with E-state index in [9.17, 15) is 9.90 Å². The Bertz CT molecular complexity index is 475. The number of morpholine rings is 1. The monoisotopic (exact) mass is 326 g/mol. The van der Waals surface area contributed by atoms with Crippen molar-refractivity contribution in [2.75, 3.05) is 46.4 Å². The molecular formula is C16H23ClN2O3. The minimum absolute atomic E-state index is 0.0108. The number of ether oxygens (including phenoxy) is 1. The van der Waals surface area contributed by atoms with E-state index < -0.39 is 6.10 Å². The first-order valence-corrected chi connectivity index (χ1v) is 7.89. The number of aliphatic hydroxyl groups excluding tert-OH is 1. The van der Waals surface area contributed by atoms with Crippen LogP contribution in [0.2, 0.25) is 5.02 Å². The fourth-order valence-electron chi connectivity index (χ4n) is 2.47. The average molecular weight is 327 g/mol. The van der Waals surface area contributed by atoms with Crippen LogP contribution < -0.4 is 0 Å². The maximum atomic E-state index is 12.2. The van der Waals surface area contributed by atoms with E-state index in [2.05, 4.69) is 4.90 Å². The van der Waals surface area contributed by atoms with Gasteiger partial charge in [-0.25, -0.2) is 0 Å². The number of benzene rings is 1. The van der Waals surface area contributed by atoms with Crippen LogP contribution in [0, 0.1) is 0 Å². The summed E-state index contributed by atoms with van der Waals surface area (Å²) in [5.41, 5.74) is 0.920. The van der Waals surface area contributed by atoms with Gasteiger partial charge < -0.3 is 14.7 Å². The van der Waals surface area contributed by atoms with Gasteiger partial charge in [0, 0.05) is 38.2 Å². The highest BCUT2D eigenvalue weighted by molar-refractivity contribution is 6.30. The number of likely N-dealkylation sites (N-methyl/N-ethyl adjacent to an activating group) is 1. The number of hydrogen-bond acceptors (Lipinski definition) is 4. The first-order chi connectivity index (χ1) is 10.5. The second-order valence-corrected chi connectivity index (χ2v) is 6.08. The highest BCUT2D eigenvalue weighted by Gasteiger charge is 2.18. The number of hydrogen-bond donors (Lipinski definition) is 1. The molecule has 1 saturated heterocycles. The van der Waals surface area contributed by atoms with E-state index in [4.69, 9.17) is 16.3 Å². The molecule has 1 atom stereocenters. The van der Waals surface area contributed by atoms with Crippen molar-refractivity contribution in [1.29, 1.82) is 0 Å². The normalized spacial score (nSPS) is 17.2. The van der Waals surface area contributed by atoms with E-state index in [1.54, 1.807) is 24.1 Å². The topological polar surface area (TPSA) is 53.0 Å². The largest absolute Gasteiger partial charge is 0.390 e. The molecule has 1 amide bonds. The molecule has 5 nitrogen and oxygen atoms in total. The van der Waals surface area contributed by atoms with Crippen molar-refractivity contribution in [2.24, 2.45) is 0 Å². The molecule has 1 fully saturated rings. The quantitative estimate of drug-likeness (QED) is 0.848. The van der Waals surface area contributed by atoms with Crippen LogP contribution in [-0.2, 0) is 16.0 Å². The highest BCUT2D eigenvalue weighted by Crippen LogP contribution is 2.11. The van der Waals surface area contributed by atoms with E-state index in [1.807, 2.05) is 12.1 Å². The number of amides is 1. The first-order valence-electron chi connectivity index (χ1n) is 7.51. The van der Waals surface area contributed by atoms with E-state index in [-0.39, 0.29) is 5.91 Å². The standard InChI is InChI=1S/C16H23ClN2O3/c1-18(11-15(20)12-19-6-8-22-9-7-19)16(21)10-13-2-4-14(17)5-3-13/h2-5,15,20H,6-12H2,1H3. The first kappa shape index (κ1) is 17.2. The smallest absolute Gasteiger partial charge is 0.226 e. The van der Waals surface area contributed by atoms with Crippen molar-refractivity contribution in [3.63, 3.8) is 0 Å². The van der Waals surface area contributed by atoms with E-state index >= 15 is 0 Å². The molecule has 0 radical (unpaired) electrons. The second kappa shape index (κ2) is 8.48. The lowest BCUT2D eigenvalue weighted by molar-refractivity contribution is -0.130. The van der Waals surface area contributed by atoms with Crippen molar-refractivity contribution in [2.45, 2.75) is 12.5 Å². The molecule has 0 spiro atoms. The van der Waals surface area contributed by atoms with Gasteiger partial charge in [-0.05, 0) is 17.7 Å². The Labute approximate surface area is 136 Å². The van der Waals surface area contributed by atoms with Crippen LogP contribution in [0.25, 0.3) is 0 Å². The minimum atomic E-state index is -0.544.